The molecule has 4 N–H and O–H groups in total. The van der Waals surface area contributed by atoms with Crippen molar-refractivity contribution in [2.24, 2.45) is 0 Å². The van der Waals surface area contributed by atoms with E-state index in [9.17, 15) is 20.4 Å². The topological polar surface area (TPSA) is 80.9 Å². The third-order valence-electron chi connectivity index (χ3n) is 3.47. The van der Waals surface area contributed by atoms with Gasteiger partial charge >= 0.3 is 0 Å². The minimum absolute atomic E-state index is 0.472. The average molecular weight is 332 g/mol. The fourth-order valence-electron chi connectivity index (χ4n) is 2.44. The van der Waals surface area contributed by atoms with Crippen LogP contribution in [0.1, 0.15) is 26.7 Å². The summed E-state index contributed by atoms with van der Waals surface area (Å²) in [5, 5.41) is 41.1. The van der Waals surface area contributed by atoms with Crippen molar-refractivity contribution >= 4 is 35.7 Å². The van der Waals surface area contributed by atoms with E-state index in [1.807, 2.05) is 13.8 Å². The van der Waals surface area contributed by atoms with Gasteiger partial charge in [-0.1, -0.05) is 50.3 Å². The van der Waals surface area contributed by atoms with Gasteiger partial charge in [0.25, 0.3) is 0 Å². The van der Waals surface area contributed by atoms with Crippen LogP contribution in [0.25, 0.3) is 0 Å². The molecule has 0 aromatic heterocycles. The molecule has 108 valence electrons. The first kappa shape index (κ1) is 17.2. The van der Waals surface area contributed by atoms with Crippen molar-refractivity contribution in [2.75, 3.05) is 12.3 Å². The average Bonchev–Trinajstić information content (AvgIpc) is 2.34. The maximum atomic E-state index is 10.3. The predicted molar refractivity (Wildman–Crippen MR) is 82.9 cm³/mol. The molecule has 0 spiro atoms. The fourth-order valence-corrected chi connectivity index (χ4v) is 13.7. The van der Waals surface area contributed by atoms with Gasteiger partial charge in [-0.15, -0.1) is 0 Å². The fraction of sp³-hybridized carbons (Fsp3) is 1.00. The molecule has 4 atom stereocenters. The molecule has 18 heavy (non-hydrogen) atoms. The van der Waals surface area contributed by atoms with Crippen LogP contribution in [0.3, 0.4) is 0 Å². The zero-order chi connectivity index (χ0) is 14.1. The highest BCUT2D eigenvalue weighted by Gasteiger charge is 2.55. The molecule has 1 saturated heterocycles. The highest BCUT2D eigenvalue weighted by Crippen LogP contribution is 2.72. The van der Waals surface area contributed by atoms with Crippen LogP contribution >= 0.6 is 12.1 Å². The molecule has 1 aliphatic rings. The normalized spacial score (nSPS) is 49.2. The highest BCUT2D eigenvalue weighted by molar-refractivity contribution is 8.19. The van der Waals surface area contributed by atoms with Gasteiger partial charge in [0.2, 0.25) is 0 Å². The van der Waals surface area contributed by atoms with Gasteiger partial charge in [0, 0.05) is 12.1 Å². The second kappa shape index (κ2) is 6.28. The summed E-state index contributed by atoms with van der Waals surface area (Å²) in [6, 6.07) is -5.21. The molecule has 0 aromatic carbocycles. The molecule has 1 rings (SSSR count). The second-order valence-electron chi connectivity index (χ2n) is 4.81. The number of hydrogen-bond acceptors (Lipinski definition) is 6. The number of rotatable bonds is 4. The van der Waals surface area contributed by atoms with Gasteiger partial charge in [-0.2, -0.15) is 0 Å². The summed E-state index contributed by atoms with van der Waals surface area (Å²) in [7, 11) is 0. The Hall–Kier alpha value is 1.14. The first-order valence-electron chi connectivity index (χ1n) is 6.14. The van der Waals surface area contributed by atoms with Gasteiger partial charge in [0.05, 0.1) is 0 Å². The molecule has 4 unspecified atom stereocenters. The van der Waals surface area contributed by atoms with Crippen molar-refractivity contribution in [2.45, 2.75) is 50.1 Å². The summed E-state index contributed by atoms with van der Waals surface area (Å²) >= 11 is 10.8. The molecule has 8 heteroatoms. The first-order chi connectivity index (χ1) is 8.25. The van der Waals surface area contributed by atoms with Crippen LogP contribution in [0.5, 0.6) is 0 Å². The lowest BCUT2D eigenvalue weighted by molar-refractivity contribution is 0.0769. The Morgan fingerprint density at radius 2 is 0.944 bits per heavy atom. The molecule has 4 nitrogen and oxygen atoms in total. The monoisotopic (exact) mass is 332 g/mol. The molecule has 0 saturated carbocycles. The molecule has 0 amide bonds. The van der Waals surface area contributed by atoms with E-state index >= 15 is 0 Å². The summed E-state index contributed by atoms with van der Waals surface area (Å²) in [5.74, 6) is -4.54. The van der Waals surface area contributed by atoms with E-state index in [4.69, 9.17) is 23.6 Å². The molecule has 0 bridgehead atoms. The molecule has 0 aliphatic carbocycles. The van der Waals surface area contributed by atoms with Crippen molar-refractivity contribution in [3.63, 3.8) is 0 Å². The summed E-state index contributed by atoms with van der Waals surface area (Å²) < 4.78 is 0. The van der Waals surface area contributed by atoms with Crippen molar-refractivity contribution in [3.8, 4) is 0 Å². The van der Waals surface area contributed by atoms with Crippen molar-refractivity contribution in [1.29, 1.82) is 0 Å². The molecule has 0 aromatic rings. The van der Waals surface area contributed by atoms with Crippen LogP contribution in [0.2, 0.25) is 0 Å². The Morgan fingerprint density at radius 3 is 1.11 bits per heavy atom. The third-order valence-corrected chi connectivity index (χ3v) is 14.6. The Balaban J connectivity index is 3.19. The standard InChI is InChI=1S/C10H22O4P2S2/c1-3-5-15(17)7(11)9(13)16(18,6-4-2)10(14)8(15)12/h7-14H,3-6H2,1-2H3. The lowest BCUT2D eigenvalue weighted by Crippen LogP contribution is -2.45. The largest absolute Gasteiger partial charge is 0.385 e. The maximum Gasteiger partial charge on any atom is 0.115 e. The lowest BCUT2D eigenvalue weighted by Gasteiger charge is -2.48. The zero-order valence-electron chi connectivity index (χ0n) is 10.6. The molecule has 0 radical (unpaired) electrons. The van der Waals surface area contributed by atoms with Crippen molar-refractivity contribution in [3.05, 3.63) is 0 Å². The second-order valence-corrected chi connectivity index (χ2v) is 15.3. The Kier molecular flexibility index (Phi) is 5.99. The smallest absolute Gasteiger partial charge is 0.115 e. The van der Waals surface area contributed by atoms with E-state index in [-0.39, 0.29) is 0 Å². The minimum atomic E-state index is -2.61. The minimum Gasteiger partial charge on any atom is -0.385 e. The van der Waals surface area contributed by atoms with Gasteiger partial charge in [-0.25, -0.2) is 0 Å². The van der Waals surface area contributed by atoms with Crippen molar-refractivity contribution < 1.29 is 20.4 Å². The van der Waals surface area contributed by atoms with Crippen LogP contribution in [-0.2, 0) is 23.6 Å². The van der Waals surface area contributed by atoms with E-state index < -0.39 is 35.5 Å². The molecule has 1 heterocycles. The number of aliphatic hydroxyl groups is 4. The SMILES string of the molecule is CCCP1(=S)C(O)C(O)P(=S)(CCC)C(O)C1O. The molecular weight excluding hydrogens is 310 g/mol. The molecular formula is C10H22O4P2S2. The van der Waals surface area contributed by atoms with Gasteiger partial charge in [0.1, 0.15) is 23.4 Å². The number of aliphatic hydroxyl groups excluding tert-OH is 4. The Morgan fingerprint density at radius 1 is 0.722 bits per heavy atom. The van der Waals surface area contributed by atoms with E-state index in [0.29, 0.717) is 25.2 Å². The third kappa shape index (κ3) is 2.64. The summed E-state index contributed by atoms with van der Waals surface area (Å²) in [4.78, 5) is 0. The Labute approximate surface area is 118 Å². The lowest BCUT2D eigenvalue weighted by atomic mass is 10.6. The van der Waals surface area contributed by atoms with E-state index in [1.165, 1.54) is 0 Å². The summed E-state index contributed by atoms with van der Waals surface area (Å²) in [6.07, 6.45) is 2.36. The van der Waals surface area contributed by atoms with Crippen molar-refractivity contribution in [1.82, 2.24) is 0 Å². The first-order valence-corrected chi connectivity index (χ1v) is 12.4. The summed E-state index contributed by atoms with van der Waals surface area (Å²) in [5.41, 5.74) is 0. The van der Waals surface area contributed by atoms with Gasteiger partial charge in [-0.3, -0.25) is 0 Å². The van der Waals surface area contributed by atoms with Gasteiger partial charge < -0.3 is 20.4 Å². The molecule has 1 aliphatic heterocycles. The summed E-state index contributed by atoms with van der Waals surface area (Å²) in [6.45, 7) is 3.81. The van der Waals surface area contributed by atoms with Crippen LogP contribution in [0.15, 0.2) is 0 Å². The van der Waals surface area contributed by atoms with Crippen LogP contribution in [-0.4, -0.2) is 56.1 Å². The van der Waals surface area contributed by atoms with E-state index in [2.05, 4.69) is 0 Å². The zero-order valence-corrected chi connectivity index (χ0v) is 14.1. The maximum absolute atomic E-state index is 10.3. The van der Waals surface area contributed by atoms with Crippen LogP contribution in [0, 0.1) is 0 Å². The molecule has 1 fully saturated rings. The van der Waals surface area contributed by atoms with E-state index in [0.717, 1.165) is 0 Å². The van der Waals surface area contributed by atoms with Gasteiger partial charge in [-0.05, 0) is 12.3 Å². The van der Waals surface area contributed by atoms with E-state index in [1.54, 1.807) is 0 Å². The highest BCUT2D eigenvalue weighted by atomic mass is 32.4. The Bertz CT molecular complexity index is 330. The number of hydrogen-bond donors (Lipinski definition) is 4. The van der Waals surface area contributed by atoms with Crippen LogP contribution < -0.4 is 0 Å². The van der Waals surface area contributed by atoms with Gasteiger partial charge in [0.15, 0.2) is 0 Å². The van der Waals surface area contributed by atoms with Crippen LogP contribution in [0.4, 0.5) is 0 Å². The predicted octanol–water partition coefficient (Wildman–Crippen LogP) is 1.05. The quantitative estimate of drug-likeness (QED) is 0.576.